The Morgan fingerprint density at radius 1 is 1.24 bits per heavy atom. The van der Waals surface area contributed by atoms with E-state index in [9.17, 15) is 4.79 Å². The van der Waals surface area contributed by atoms with E-state index in [1.807, 2.05) is 16.7 Å². The minimum Gasteiger partial charge on any atom is -0.347 e. The Morgan fingerprint density at radius 2 is 2.00 bits per heavy atom. The zero-order chi connectivity index (χ0) is 14.8. The molecule has 1 aliphatic heterocycles. The first-order chi connectivity index (χ1) is 10.2. The van der Waals surface area contributed by atoms with Crippen molar-refractivity contribution in [2.24, 2.45) is 0 Å². The van der Waals surface area contributed by atoms with E-state index in [0.29, 0.717) is 22.3 Å². The minimum atomic E-state index is -0.112. The van der Waals surface area contributed by atoms with E-state index in [2.05, 4.69) is 10.6 Å². The standard InChI is InChI=1S/C15H15Cl2N3O/c16-12-2-1-3-13(17)11(12)9-19-15(21)14-5-4-10-8-18-6-7-20(10)14/h1-5,18H,6-9H2,(H,19,21). The third kappa shape index (κ3) is 2.93. The van der Waals surface area contributed by atoms with Gasteiger partial charge in [0, 0.05) is 47.5 Å². The van der Waals surface area contributed by atoms with E-state index in [-0.39, 0.29) is 5.91 Å². The van der Waals surface area contributed by atoms with Crippen LogP contribution in [0.5, 0.6) is 0 Å². The molecule has 1 aliphatic rings. The van der Waals surface area contributed by atoms with Crippen LogP contribution < -0.4 is 10.6 Å². The first kappa shape index (κ1) is 14.4. The maximum atomic E-state index is 12.3. The second-order valence-electron chi connectivity index (χ2n) is 4.92. The molecule has 2 heterocycles. The summed E-state index contributed by atoms with van der Waals surface area (Å²) in [7, 11) is 0. The molecule has 1 aromatic carbocycles. The molecule has 0 spiro atoms. The van der Waals surface area contributed by atoms with Gasteiger partial charge in [-0.1, -0.05) is 29.3 Å². The number of nitrogens with zero attached hydrogens (tertiary/aromatic N) is 1. The number of fused-ring (bicyclic) bond motifs is 1. The molecule has 0 saturated carbocycles. The highest BCUT2D eigenvalue weighted by Crippen LogP contribution is 2.24. The van der Waals surface area contributed by atoms with Crippen LogP contribution >= 0.6 is 23.2 Å². The number of aromatic nitrogens is 1. The molecule has 0 fully saturated rings. The SMILES string of the molecule is O=C(NCc1c(Cl)cccc1Cl)c1ccc2n1CCNC2. The molecule has 3 rings (SSSR count). The number of rotatable bonds is 3. The summed E-state index contributed by atoms with van der Waals surface area (Å²) in [4.78, 5) is 12.3. The van der Waals surface area contributed by atoms with Crippen LogP contribution in [0.1, 0.15) is 21.7 Å². The number of carbonyl (C=O) groups is 1. The molecule has 110 valence electrons. The van der Waals surface area contributed by atoms with Gasteiger partial charge in [-0.25, -0.2) is 0 Å². The van der Waals surface area contributed by atoms with Gasteiger partial charge < -0.3 is 15.2 Å². The van der Waals surface area contributed by atoms with Crippen LogP contribution in [0, 0.1) is 0 Å². The highest BCUT2D eigenvalue weighted by Gasteiger charge is 2.17. The van der Waals surface area contributed by atoms with Gasteiger partial charge in [-0.2, -0.15) is 0 Å². The van der Waals surface area contributed by atoms with Crippen molar-refractivity contribution >= 4 is 29.1 Å². The Hall–Kier alpha value is -1.49. The Labute approximate surface area is 133 Å². The number of benzene rings is 1. The third-order valence-corrected chi connectivity index (χ3v) is 4.32. The summed E-state index contributed by atoms with van der Waals surface area (Å²) in [5.74, 6) is -0.112. The van der Waals surface area contributed by atoms with Crippen molar-refractivity contribution in [3.8, 4) is 0 Å². The summed E-state index contributed by atoms with van der Waals surface area (Å²) in [5, 5.41) is 7.28. The van der Waals surface area contributed by atoms with Gasteiger partial charge >= 0.3 is 0 Å². The predicted molar refractivity (Wildman–Crippen MR) is 83.8 cm³/mol. The lowest BCUT2D eigenvalue weighted by Gasteiger charge is -2.19. The average molecular weight is 324 g/mol. The number of nitrogens with one attached hydrogen (secondary N) is 2. The first-order valence-corrected chi connectivity index (χ1v) is 7.52. The second-order valence-corrected chi connectivity index (χ2v) is 5.74. The molecule has 0 bridgehead atoms. The predicted octanol–water partition coefficient (Wildman–Crippen LogP) is 2.83. The Kier molecular flexibility index (Phi) is 4.19. The van der Waals surface area contributed by atoms with E-state index in [1.54, 1.807) is 18.2 Å². The lowest BCUT2D eigenvalue weighted by Crippen LogP contribution is -2.32. The molecular formula is C15H15Cl2N3O. The highest BCUT2D eigenvalue weighted by atomic mass is 35.5. The molecule has 1 amide bonds. The summed E-state index contributed by atoms with van der Waals surface area (Å²) in [6.07, 6.45) is 0. The molecule has 2 N–H and O–H groups in total. The summed E-state index contributed by atoms with van der Waals surface area (Å²) >= 11 is 12.2. The van der Waals surface area contributed by atoms with Gasteiger partial charge in [-0.3, -0.25) is 4.79 Å². The molecule has 0 radical (unpaired) electrons. The summed E-state index contributed by atoms with van der Waals surface area (Å²) in [6, 6.07) is 9.14. The van der Waals surface area contributed by atoms with Crippen molar-refractivity contribution in [3.05, 3.63) is 57.3 Å². The van der Waals surface area contributed by atoms with Gasteiger partial charge in [-0.15, -0.1) is 0 Å². The lowest BCUT2D eigenvalue weighted by molar-refractivity contribution is 0.0940. The minimum absolute atomic E-state index is 0.112. The van der Waals surface area contributed by atoms with Crippen LogP contribution in [0.25, 0.3) is 0 Å². The van der Waals surface area contributed by atoms with Gasteiger partial charge in [0.1, 0.15) is 5.69 Å². The molecule has 0 saturated heterocycles. The van der Waals surface area contributed by atoms with Gasteiger partial charge in [0.25, 0.3) is 5.91 Å². The zero-order valence-electron chi connectivity index (χ0n) is 11.3. The van der Waals surface area contributed by atoms with Crippen LogP contribution in [0.4, 0.5) is 0 Å². The summed E-state index contributed by atoms with van der Waals surface area (Å²) < 4.78 is 2.04. The van der Waals surface area contributed by atoms with Gasteiger partial charge in [0.05, 0.1) is 0 Å². The third-order valence-electron chi connectivity index (χ3n) is 3.61. The van der Waals surface area contributed by atoms with E-state index in [0.717, 1.165) is 30.9 Å². The molecule has 0 aliphatic carbocycles. The van der Waals surface area contributed by atoms with E-state index < -0.39 is 0 Å². The van der Waals surface area contributed by atoms with Crippen molar-refractivity contribution in [2.45, 2.75) is 19.6 Å². The number of amides is 1. The molecule has 6 heteroatoms. The molecule has 0 unspecified atom stereocenters. The van der Waals surface area contributed by atoms with Gasteiger partial charge in [-0.05, 0) is 24.3 Å². The average Bonchev–Trinajstić information content (AvgIpc) is 2.90. The second kappa shape index (κ2) is 6.10. The molecule has 21 heavy (non-hydrogen) atoms. The molecule has 2 aromatic rings. The number of hydrogen-bond donors (Lipinski definition) is 2. The highest BCUT2D eigenvalue weighted by molar-refractivity contribution is 6.36. The smallest absolute Gasteiger partial charge is 0.268 e. The van der Waals surface area contributed by atoms with Crippen molar-refractivity contribution in [3.63, 3.8) is 0 Å². The monoisotopic (exact) mass is 323 g/mol. The zero-order valence-corrected chi connectivity index (χ0v) is 12.8. The maximum Gasteiger partial charge on any atom is 0.268 e. The Morgan fingerprint density at radius 3 is 2.76 bits per heavy atom. The van der Waals surface area contributed by atoms with Crippen molar-refractivity contribution in [2.75, 3.05) is 6.54 Å². The Bertz CT molecular complexity index is 661. The van der Waals surface area contributed by atoms with E-state index in [1.165, 1.54) is 0 Å². The van der Waals surface area contributed by atoms with Crippen LogP contribution in [-0.2, 0) is 19.6 Å². The Balaban J connectivity index is 1.74. The van der Waals surface area contributed by atoms with Crippen LogP contribution in [0.15, 0.2) is 30.3 Å². The topological polar surface area (TPSA) is 46.1 Å². The molecule has 4 nitrogen and oxygen atoms in total. The molecule has 0 atom stereocenters. The van der Waals surface area contributed by atoms with E-state index in [4.69, 9.17) is 23.2 Å². The van der Waals surface area contributed by atoms with Crippen LogP contribution in [-0.4, -0.2) is 17.0 Å². The van der Waals surface area contributed by atoms with E-state index >= 15 is 0 Å². The van der Waals surface area contributed by atoms with Gasteiger partial charge in [0.15, 0.2) is 0 Å². The van der Waals surface area contributed by atoms with Crippen molar-refractivity contribution in [1.29, 1.82) is 0 Å². The first-order valence-electron chi connectivity index (χ1n) is 6.77. The summed E-state index contributed by atoms with van der Waals surface area (Å²) in [6.45, 7) is 2.79. The number of hydrogen-bond acceptors (Lipinski definition) is 2. The van der Waals surface area contributed by atoms with Crippen molar-refractivity contribution < 1.29 is 4.79 Å². The normalized spacial score (nSPS) is 13.8. The van der Waals surface area contributed by atoms with Crippen LogP contribution in [0.3, 0.4) is 0 Å². The van der Waals surface area contributed by atoms with Gasteiger partial charge in [0.2, 0.25) is 0 Å². The van der Waals surface area contributed by atoms with Crippen LogP contribution in [0.2, 0.25) is 10.0 Å². The fourth-order valence-electron chi connectivity index (χ4n) is 2.49. The summed E-state index contributed by atoms with van der Waals surface area (Å²) in [5.41, 5.74) is 2.54. The fraction of sp³-hybridized carbons (Fsp3) is 0.267. The fourth-order valence-corrected chi connectivity index (χ4v) is 3.03. The molecule has 1 aromatic heterocycles. The lowest BCUT2D eigenvalue weighted by atomic mass is 10.2. The number of halogens is 2. The maximum absolute atomic E-state index is 12.3. The molecular weight excluding hydrogens is 309 g/mol. The van der Waals surface area contributed by atoms with Crippen molar-refractivity contribution in [1.82, 2.24) is 15.2 Å². The quantitative estimate of drug-likeness (QED) is 0.912. The number of carbonyl (C=O) groups excluding carboxylic acids is 1. The largest absolute Gasteiger partial charge is 0.347 e.